The molecule has 3 saturated heterocycles. The van der Waals surface area contributed by atoms with Gasteiger partial charge in [-0.05, 0) is 19.3 Å². The lowest BCUT2D eigenvalue weighted by Gasteiger charge is -2.28. The fourth-order valence-electron chi connectivity index (χ4n) is 2.97. The van der Waals surface area contributed by atoms with E-state index >= 15 is 0 Å². The number of nitrogens with zero attached hydrogens (tertiary/aromatic N) is 1. The van der Waals surface area contributed by atoms with E-state index in [4.69, 9.17) is 4.74 Å². The number of hydrogen-bond donors (Lipinski definition) is 1. The Balaban J connectivity index is 1.74. The first-order valence-electron chi connectivity index (χ1n) is 5.37. The molecule has 14 heavy (non-hydrogen) atoms. The number of likely N-dealkylation sites (tertiary alicyclic amines) is 1. The number of fused-ring (bicyclic) bond motifs is 2. The van der Waals surface area contributed by atoms with Gasteiger partial charge in [-0.3, -0.25) is 4.79 Å². The number of carbonyl (C=O) groups excluding carboxylic acids is 1. The average Bonchev–Trinajstić information content (AvgIpc) is 2.79. The maximum atomic E-state index is 11.6. The average molecular weight is 197 g/mol. The standard InChI is InChI=1S/C10H15NO3/c12-6-3-10(13)11(5-6)8-4-7-1-2-9(8)14-7/h6-9,12H,1-5H2. The molecule has 3 heterocycles. The lowest BCUT2D eigenvalue weighted by Crippen LogP contribution is -2.43. The summed E-state index contributed by atoms with van der Waals surface area (Å²) in [4.78, 5) is 13.4. The molecular formula is C10H15NO3. The minimum Gasteiger partial charge on any atom is -0.391 e. The zero-order valence-electron chi connectivity index (χ0n) is 8.06. The second-order valence-electron chi connectivity index (χ2n) is 4.58. The Labute approximate surface area is 82.8 Å². The lowest BCUT2D eigenvalue weighted by atomic mass is 9.94. The zero-order chi connectivity index (χ0) is 9.71. The molecule has 4 unspecified atom stereocenters. The molecule has 0 aromatic carbocycles. The Hall–Kier alpha value is -0.610. The monoisotopic (exact) mass is 197 g/mol. The molecule has 78 valence electrons. The van der Waals surface area contributed by atoms with E-state index in [1.807, 2.05) is 4.90 Å². The number of β-amino-alcohol motifs (C(OH)–C–C–N with tert-alkyl or cyclic N) is 1. The highest BCUT2D eigenvalue weighted by atomic mass is 16.5. The fraction of sp³-hybridized carbons (Fsp3) is 0.900. The molecule has 0 spiro atoms. The van der Waals surface area contributed by atoms with Gasteiger partial charge in [0.1, 0.15) is 0 Å². The van der Waals surface area contributed by atoms with Crippen LogP contribution < -0.4 is 0 Å². The summed E-state index contributed by atoms with van der Waals surface area (Å²) in [5.41, 5.74) is 0. The Morgan fingerprint density at radius 2 is 2.29 bits per heavy atom. The second-order valence-corrected chi connectivity index (χ2v) is 4.58. The minimum atomic E-state index is -0.457. The van der Waals surface area contributed by atoms with E-state index in [0.29, 0.717) is 19.1 Å². The van der Waals surface area contributed by atoms with E-state index in [0.717, 1.165) is 19.3 Å². The second kappa shape index (κ2) is 2.94. The largest absolute Gasteiger partial charge is 0.391 e. The highest BCUT2D eigenvalue weighted by Gasteiger charge is 2.47. The van der Waals surface area contributed by atoms with Crippen molar-refractivity contribution < 1.29 is 14.6 Å². The van der Waals surface area contributed by atoms with Gasteiger partial charge < -0.3 is 14.7 Å². The Morgan fingerprint density at radius 1 is 1.43 bits per heavy atom. The summed E-state index contributed by atoms with van der Waals surface area (Å²) >= 11 is 0. The maximum absolute atomic E-state index is 11.6. The number of carbonyl (C=O) groups is 1. The van der Waals surface area contributed by atoms with Crippen LogP contribution in [0, 0.1) is 0 Å². The molecule has 4 heteroatoms. The summed E-state index contributed by atoms with van der Waals surface area (Å²) in [6.07, 6.45) is 3.66. The van der Waals surface area contributed by atoms with Crippen LogP contribution in [-0.4, -0.2) is 46.8 Å². The topological polar surface area (TPSA) is 49.8 Å². The van der Waals surface area contributed by atoms with Gasteiger partial charge in [0.2, 0.25) is 5.91 Å². The Bertz CT molecular complexity index is 268. The van der Waals surface area contributed by atoms with Crippen molar-refractivity contribution >= 4 is 5.91 Å². The molecule has 0 aromatic heterocycles. The van der Waals surface area contributed by atoms with E-state index in [1.54, 1.807) is 0 Å². The summed E-state index contributed by atoms with van der Waals surface area (Å²) < 4.78 is 5.71. The fourth-order valence-corrected chi connectivity index (χ4v) is 2.97. The van der Waals surface area contributed by atoms with Crippen LogP contribution in [0.25, 0.3) is 0 Å². The van der Waals surface area contributed by atoms with Crippen LogP contribution in [0.4, 0.5) is 0 Å². The normalized spacial score (nSPS) is 46.6. The van der Waals surface area contributed by atoms with Gasteiger partial charge in [0, 0.05) is 6.54 Å². The van der Waals surface area contributed by atoms with Gasteiger partial charge in [-0.15, -0.1) is 0 Å². The minimum absolute atomic E-state index is 0.0960. The molecule has 0 aliphatic carbocycles. The van der Waals surface area contributed by atoms with E-state index in [9.17, 15) is 9.90 Å². The van der Waals surface area contributed by atoms with Gasteiger partial charge >= 0.3 is 0 Å². The van der Waals surface area contributed by atoms with Crippen molar-refractivity contribution in [1.82, 2.24) is 4.90 Å². The number of hydrogen-bond acceptors (Lipinski definition) is 3. The Morgan fingerprint density at radius 3 is 2.79 bits per heavy atom. The van der Waals surface area contributed by atoms with Crippen molar-refractivity contribution in [2.75, 3.05) is 6.54 Å². The molecule has 3 aliphatic heterocycles. The van der Waals surface area contributed by atoms with Crippen LogP contribution in [0.5, 0.6) is 0 Å². The van der Waals surface area contributed by atoms with E-state index in [2.05, 4.69) is 0 Å². The predicted molar refractivity (Wildman–Crippen MR) is 48.6 cm³/mol. The van der Waals surface area contributed by atoms with Crippen molar-refractivity contribution in [2.24, 2.45) is 0 Å². The molecule has 3 aliphatic rings. The van der Waals surface area contributed by atoms with Crippen LogP contribution in [-0.2, 0) is 9.53 Å². The third-order valence-electron chi connectivity index (χ3n) is 3.61. The predicted octanol–water partition coefficient (Wildman–Crippen LogP) is -0.101. The van der Waals surface area contributed by atoms with Crippen LogP contribution in [0.1, 0.15) is 25.7 Å². The number of aliphatic hydroxyl groups is 1. The molecule has 3 fully saturated rings. The van der Waals surface area contributed by atoms with E-state index < -0.39 is 6.10 Å². The zero-order valence-corrected chi connectivity index (χ0v) is 8.06. The Kier molecular flexibility index (Phi) is 1.82. The van der Waals surface area contributed by atoms with Gasteiger partial charge in [0.05, 0.1) is 30.8 Å². The first-order chi connectivity index (χ1) is 6.74. The first kappa shape index (κ1) is 8.68. The molecule has 1 amide bonds. The highest BCUT2D eigenvalue weighted by Crippen LogP contribution is 2.38. The molecular weight excluding hydrogens is 182 g/mol. The molecule has 3 rings (SSSR count). The third kappa shape index (κ3) is 1.17. The van der Waals surface area contributed by atoms with Gasteiger partial charge in [-0.2, -0.15) is 0 Å². The van der Waals surface area contributed by atoms with Crippen molar-refractivity contribution in [2.45, 2.75) is 50.0 Å². The smallest absolute Gasteiger partial charge is 0.225 e. The number of rotatable bonds is 1. The summed E-state index contributed by atoms with van der Waals surface area (Å²) in [6.45, 7) is 0.510. The highest BCUT2D eigenvalue weighted by molar-refractivity contribution is 5.79. The molecule has 0 radical (unpaired) electrons. The summed E-state index contributed by atoms with van der Waals surface area (Å²) in [5.74, 6) is 0.0960. The van der Waals surface area contributed by atoms with Gasteiger partial charge in [-0.1, -0.05) is 0 Å². The van der Waals surface area contributed by atoms with Crippen LogP contribution in [0.15, 0.2) is 0 Å². The summed E-state index contributed by atoms with van der Waals surface area (Å²) in [7, 11) is 0. The van der Waals surface area contributed by atoms with Crippen molar-refractivity contribution in [3.8, 4) is 0 Å². The molecule has 0 saturated carbocycles. The molecule has 2 bridgehead atoms. The molecule has 4 nitrogen and oxygen atoms in total. The maximum Gasteiger partial charge on any atom is 0.225 e. The molecule has 4 atom stereocenters. The first-order valence-corrected chi connectivity index (χ1v) is 5.37. The van der Waals surface area contributed by atoms with Gasteiger partial charge in [0.15, 0.2) is 0 Å². The van der Waals surface area contributed by atoms with Crippen molar-refractivity contribution in [1.29, 1.82) is 0 Å². The van der Waals surface area contributed by atoms with Crippen LogP contribution in [0.3, 0.4) is 0 Å². The summed E-state index contributed by atoms with van der Waals surface area (Å²) in [5, 5.41) is 9.40. The van der Waals surface area contributed by atoms with Crippen LogP contribution in [0.2, 0.25) is 0 Å². The number of aliphatic hydroxyl groups excluding tert-OH is 1. The van der Waals surface area contributed by atoms with E-state index in [-0.39, 0.29) is 18.1 Å². The van der Waals surface area contributed by atoms with Gasteiger partial charge in [0.25, 0.3) is 0 Å². The van der Waals surface area contributed by atoms with E-state index in [1.165, 1.54) is 0 Å². The van der Waals surface area contributed by atoms with Gasteiger partial charge in [-0.25, -0.2) is 0 Å². The van der Waals surface area contributed by atoms with Crippen molar-refractivity contribution in [3.05, 3.63) is 0 Å². The SMILES string of the molecule is O=C1CC(O)CN1C1CC2CCC1O2. The lowest BCUT2D eigenvalue weighted by molar-refractivity contribution is -0.130. The molecule has 1 N–H and O–H groups in total. The van der Waals surface area contributed by atoms with Crippen molar-refractivity contribution in [3.63, 3.8) is 0 Å². The molecule has 0 aromatic rings. The third-order valence-corrected chi connectivity index (χ3v) is 3.61. The number of ether oxygens (including phenoxy) is 1. The summed E-state index contributed by atoms with van der Waals surface area (Å²) in [6, 6.07) is 0.249. The quantitative estimate of drug-likeness (QED) is 0.638. The van der Waals surface area contributed by atoms with Crippen LogP contribution >= 0.6 is 0 Å². The number of amides is 1.